The summed E-state index contributed by atoms with van der Waals surface area (Å²) in [6.07, 6.45) is 0. The average Bonchev–Trinajstić information content (AvgIpc) is 2.60. The van der Waals surface area contributed by atoms with Gasteiger partial charge < -0.3 is 5.11 Å². The molecule has 152 valence electrons. The molecule has 0 heterocycles. The van der Waals surface area contributed by atoms with Crippen LogP contribution >= 0.6 is 0 Å². The predicted octanol–water partition coefficient (Wildman–Crippen LogP) is 4.07. The maximum absolute atomic E-state index is 11.7. The molecule has 3 rings (SSSR count). The molecular weight excluding hydrogens is 420 g/mol. The third-order valence-corrected chi connectivity index (χ3v) is 5.97. The monoisotopic (exact) mass is 436 g/mol. The van der Waals surface area contributed by atoms with Crippen molar-refractivity contribution >= 4 is 42.4 Å². The normalized spacial score (nSPS) is 12.7. The van der Waals surface area contributed by atoms with Crippen LogP contribution in [0.4, 0.5) is 11.4 Å². The van der Waals surface area contributed by atoms with E-state index in [9.17, 15) is 31.0 Å². The maximum atomic E-state index is 11.7. The summed E-state index contributed by atoms with van der Waals surface area (Å²) in [6, 6.07) is 9.46. The third kappa shape index (κ3) is 4.12. The second-order valence-corrected chi connectivity index (χ2v) is 9.14. The molecule has 3 N–H and O–H groups in total. The van der Waals surface area contributed by atoms with Gasteiger partial charge >= 0.3 is 0 Å². The molecule has 0 saturated carbocycles. The highest BCUT2D eigenvalue weighted by atomic mass is 32.2. The van der Waals surface area contributed by atoms with Gasteiger partial charge in [0.25, 0.3) is 20.2 Å². The second kappa shape index (κ2) is 7.19. The fourth-order valence-electron chi connectivity index (χ4n) is 2.96. The number of nitrogens with zero attached hydrogens (tertiary/aromatic N) is 2. The Bertz CT molecular complexity index is 1380. The first-order chi connectivity index (χ1) is 13.4. The molecule has 0 aliphatic rings. The molecule has 3 aromatic rings. The zero-order chi connectivity index (χ0) is 21.6. The number of hydrogen-bond acceptors (Lipinski definition) is 7. The summed E-state index contributed by atoms with van der Waals surface area (Å²) in [5, 5.41) is 18.4. The smallest absolute Gasteiger partial charge is 0.296 e. The van der Waals surface area contributed by atoms with Crippen molar-refractivity contribution in [3.8, 4) is 5.75 Å². The molecule has 0 radical (unpaired) electrons. The van der Waals surface area contributed by atoms with E-state index in [2.05, 4.69) is 10.2 Å². The van der Waals surface area contributed by atoms with Crippen LogP contribution in [0.3, 0.4) is 0 Å². The SMILES string of the molecule is Cc1cc(C)c(/N=N/c2ccc3c(S(=O)(=O)O)cccc3c2O)c(S(=O)(=O)O)c1. The van der Waals surface area contributed by atoms with E-state index in [1.54, 1.807) is 19.9 Å². The van der Waals surface area contributed by atoms with Gasteiger partial charge in [-0.25, -0.2) is 0 Å². The van der Waals surface area contributed by atoms with E-state index in [-0.39, 0.29) is 27.0 Å². The Balaban J connectivity index is 2.18. The fourth-order valence-corrected chi connectivity index (χ4v) is 4.44. The lowest BCUT2D eigenvalue weighted by Crippen LogP contribution is -2.00. The molecule has 0 unspecified atom stereocenters. The third-order valence-electron chi connectivity index (χ3n) is 4.20. The van der Waals surface area contributed by atoms with Gasteiger partial charge in [-0.15, -0.1) is 10.2 Å². The van der Waals surface area contributed by atoms with E-state index in [4.69, 9.17) is 0 Å². The van der Waals surface area contributed by atoms with Crippen molar-refractivity contribution in [3.63, 3.8) is 0 Å². The largest absolute Gasteiger partial charge is 0.505 e. The molecule has 0 fully saturated rings. The summed E-state index contributed by atoms with van der Waals surface area (Å²) < 4.78 is 65.1. The van der Waals surface area contributed by atoms with Gasteiger partial charge in [0.2, 0.25) is 0 Å². The Morgan fingerprint density at radius 2 is 1.45 bits per heavy atom. The van der Waals surface area contributed by atoms with Crippen LogP contribution in [-0.2, 0) is 20.2 Å². The Hall–Kier alpha value is -2.86. The van der Waals surface area contributed by atoms with Gasteiger partial charge in [-0.2, -0.15) is 16.8 Å². The van der Waals surface area contributed by atoms with Crippen molar-refractivity contribution in [1.29, 1.82) is 0 Å². The van der Waals surface area contributed by atoms with Gasteiger partial charge in [0.05, 0.1) is 0 Å². The van der Waals surface area contributed by atoms with Crippen LogP contribution < -0.4 is 0 Å². The lowest BCUT2D eigenvalue weighted by Gasteiger charge is -2.09. The van der Waals surface area contributed by atoms with Crippen LogP contribution in [0.1, 0.15) is 11.1 Å². The standard InChI is InChI=1S/C18H16N2O7S2/c1-10-8-11(2)17(16(9-10)29(25,26)27)20-19-14-7-6-12-13(18(14)21)4-3-5-15(12)28(22,23)24/h3-9,21H,1-2H3,(H,22,23,24)(H,25,26,27)/b20-19+. The highest BCUT2D eigenvalue weighted by molar-refractivity contribution is 7.86. The lowest BCUT2D eigenvalue weighted by molar-refractivity contribution is 0.481. The number of aromatic hydroxyl groups is 1. The zero-order valence-electron chi connectivity index (χ0n) is 15.2. The average molecular weight is 436 g/mol. The van der Waals surface area contributed by atoms with Crippen molar-refractivity contribution in [3.05, 3.63) is 53.6 Å². The summed E-state index contributed by atoms with van der Waals surface area (Å²) in [7, 11) is -9.07. The minimum absolute atomic E-state index is 0.0637. The van der Waals surface area contributed by atoms with Gasteiger partial charge in [0, 0.05) is 10.8 Å². The number of azo groups is 1. The number of rotatable bonds is 4. The first-order valence-electron chi connectivity index (χ1n) is 8.12. The molecular formula is C18H16N2O7S2. The first-order valence-corrected chi connectivity index (χ1v) is 11.0. The Kier molecular flexibility index (Phi) is 5.17. The lowest BCUT2D eigenvalue weighted by atomic mass is 10.1. The number of phenols is 1. The van der Waals surface area contributed by atoms with Gasteiger partial charge in [0.15, 0.2) is 5.75 Å². The predicted molar refractivity (Wildman–Crippen MR) is 105 cm³/mol. The van der Waals surface area contributed by atoms with Crippen LogP contribution in [0.15, 0.2) is 62.5 Å². The number of phenolic OH excluding ortho intramolecular Hbond substituents is 1. The van der Waals surface area contributed by atoms with Gasteiger partial charge in [-0.1, -0.05) is 24.3 Å². The highest BCUT2D eigenvalue weighted by Gasteiger charge is 2.19. The highest BCUT2D eigenvalue weighted by Crippen LogP contribution is 2.39. The Morgan fingerprint density at radius 3 is 2.07 bits per heavy atom. The summed E-state index contributed by atoms with van der Waals surface area (Å²) in [5.41, 5.74) is 0.881. The molecule has 9 nitrogen and oxygen atoms in total. The fraction of sp³-hybridized carbons (Fsp3) is 0.111. The first kappa shape index (κ1) is 20.9. The van der Waals surface area contributed by atoms with E-state index >= 15 is 0 Å². The Morgan fingerprint density at radius 1 is 0.793 bits per heavy atom. The van der Waals surface area contributed by atoms with Crippen molar-refractivity contribution in [2.75, 3.05) is 0 Å². The number of benzene rings is 3. The van der Waals surface area contributed by atoms with Crippen molar-refractivity contribution < 1.29 is 31.0 Å². The van der Waals surface area contributed by atoms with Crippen LogP contribution in [0, 0.1) is 13.8 Å². The molecule has 0 aliphatic heterocycles. The summed E-state index contributed by atoms with van der Waals surface area (Å²) in [5.74, 6) is -0.407. The van der Waals surface area contributed by atoms with Crippen LogP contribution in [0.5, 0.6) is 5.75 Å². The molecule has 0 saturated heterocycles. The molecule has 3 aromatic carbocycles. The topological polar surface area (TPSA) is 154 Å². The summed E-state index contributed by atoms with van der Waals surface area (Å²) in [4.78, 5) is -0.801. The van der Waals surface area contributed by atoms with E-state index in [0.717, 1.165) is 0 Å². The van der Waals surface area contributed by atoms with E-state index in [0.29, 0.717) is 11.1 Å². The van der Waals surface area contributed by atoms with E-state index in [1.807, 2.05) is 0 Å². The second-order valence-electron chi connectivity index (χ2n) is 6.36. The van der Waals surface area contributed by atoms with Gasteiger partial charge in [-0.3, -0.25) is 9.11 Å². The van der Waals surface area contributed by atoms with Crippen molar-refractivity contribution in [2.45, 2.75) is 23.6 Å². The molecule has 11 heteroatoms. The number of fused-ring (bicyclic) bond motifs is 1. The number of aryl methyl sites for hydroxylation is 2. The molecule has 0 aromatic heterocycles. The quantitative estimate of drug-likeness (QED) is 0.411. The maximum Gasteiger partial charge on any atom is 0.296 e. The zero-order valence-corrected chi connectivity index (χ0v) is 16.9. The van der Waals surface area contributed by atoms with Crippen molar-refractivity contribution in [1.82, 2.24) is 0 Å². The van der Waals surface area contributed by atoms with Crippen LogP contribution in [0.2, 0.25) is 0 Å². The molecule has 0 atom stereocenters. The molecule has 0 aliphatic carbocycles. The molecule has 0 amide bonds. The number of hydrogen-bond donors (Lipinski definition) is 3. The van der Waals surface area contributed by atoms with Gasteiger partial charge in [-0.05, 0) is 43.2 Å². The van der Waals surface area contributed by atoms with Gasteiger partial charge in [0.1, 0.15) is 21.2 Å². The van der Waals surface area contributed by atoms with Crippen LogP contribution in [0.25, 0.3) is 10.8 Å². The minimum Gasteiger partial charge on any atom is -0.505 e. The van der Waals surface area contributed by atoms with E-state index in [1.165, 1.54) is 36.4 Å². The Labute approximate surface area is 166 Å². The molecule has 0 spiro atoms. The van der Waals surface area contributed by atoms with Crippen molar-refractivity contribution in [2.24, 2.45) is 10.2 Å². The minimum atomic E-state index is -4.56. The molecule has 0 bridgehead atoms. The summed E-state index contributed by atoms with van der Waals surface area (Å²) >= 11 is 0. The van der Waals surface area contributed by atoms with E-state index < -0.39 is 30.9 Å². The van der Waals surface area contributed by atoms with Crippen LogP contribution in [-0.4, -0.2) is 31.0 Å². The summed E-state index contributed by atoms with van der Waals surface area (Å²) in [6.45, 7) is 3.25. The molecule has 29 heavy (non-hydrogen) atoms.